The molecule has 0 aromatic heterocycles. The van der Waals surface area contributed by atoms with E-state index in [4.69, 9.17) is 4.74 Å². The third-order valence-corrected chi connectivity index (χ3v) is 2.74. The molecule has 0 amide bonds. The fourth-order valence-electron chi connectivity index (χ4n) is 2.02. The zero-order valence-electron chi connectivity index (χ0n) is 8.53. The van der Waals surface area contributed by atoms with E-state index in [0.717, 1.165) is 12.8 Å². The number of aldehydes is 1. The fraction of sp³-hybridized carbons (Fsp3) is 0.800. The van der Waals surface area contributed by atoms with E-state index in [9.17, 15) is 14.7 Å². The summed E-state index contributed by atoms with van der Waals surface area (Å²) < 4.78 is 4.99. The summed E-state index contributed by atoms with van der Waals surface area (Å²) in [6.07, 6.45) is 1.84. The Balaban J connectivity index is 2.81. The van der Waals surface area contributed by atoms with Crippen molar-refractivity contribution in [3.05, 3.63) is 0 Å². The van der Waals surface area contributed by atoms with E-state index >= 15 is 0 Å². The SMILES string of the molecule is CC(=O)OC1C(C)CCCC1(O)C=O. The van der Waals surface area contributed by atoms with Crippen molar-refractivity contribution in [2.75, 3.05) is 0 Å². The smallest absolute Gasteiger partial charge is 0.303 e. The molecule has 1 aliphatic rings. The minimum Gasteiger partial charge on any atom is -0.459 e. The van der Waals surface area contributed by atoms with Crippen LogP contribution >= 0.6 is 0 Å². The third kappa shape index (κ3) is 2.12. The molecule has 4 heteroatoms. The quantitative estimate of drug-likeness (QED) is 0.525. The number of aliphatic hydroxyl groups is 1. The molecule has 0 bridgehead atoms. The lowest BCUT2D eigenvalue weighted by atomic mass is 9.77. The van der Waals surface area contributed by atoms with Crippen LogP contribution in [0.3, 0.4) is 0 Å². The number of esters is 1. The number of hydrogen-bond acceptors (Lipinski definition) is 4. The van der Waals surface area contributed by atoms with E-state index in [0.29, 0.717) is 12.7 Å². The van der Waals surface area contributed by atoms with Crippen LogP contribution in [0.5, 0.6) is 0 Å². The molecule has 3 atom stereocenters. The largest absolute Gasteiger partial charge is 0.459 e. The molecule has 1 fully saturated rings. The van der Waals surface area contributed by atoms with Crippen LogP contribution in [0.4, 0.5) is 0 Å². The van der Waals surface area contributed by atoms with Crippen LogP contribution in [-0.4, -0.2) is 29.1 Å². The Hall–Kier alpha value is -0.900. The van der Waals surface area contributed by atoms with Crippen LogP contribution in [0.2, 0.25) is 0 Å². The number of carbonyl (C=O) groups is 2. The molecular weight excluding hydrogens is 184 g/mol. The lowest BCUT2D eigenvalue weighted by Crippen LogP contribution is -2.52. The van der Waals surface area contributed by atoms with E-state index in [2.05, 4.69) is 0 Å². The molecule has 1 N–H and O–H groups in total. The van der Waals surface area contributed by atoms with Gasteiger partial charge in [-0.1, -0.05) is 6.92 Å². The second-order valence-electron chi connectivity index (χ2n) is 4.01. The van der Waals surface area contributed by atoms with Gasteiger partial charge in [-0.25, -0.2) is 0 Å². The number of carbonyl (C=O) groups excluding carboxylic acids is 2. The van der Waals surface area contributed by atoms with Gasteiger partial charge in [0.05, 0.1) is 0 Å². The van der Waals surface area contributed by atoms with Gasteiger partial charge in [0.15, 0.2) is 11.9 Å². The molecule has 0 saturated heterocycles. The van der Waals surface area contributed by atoms with Crippen molar-refractivity contribution in [2.45, 2.75) is 44.8 Å². The molecular formula is C10H16O4. The topological polar surface area (TPSA) is 63.6 Å². The zero-order chi connectivity index (χ0) is 10.8. The molecule has 1 rings (SSSR count). The van der Waals surface area contributed by atoms with Crippen LogP contribution in [0.25, 0.3) is 0 Å². The highest BCUT2D eigenvalue weighted by molar-refractivity contribution is 5.69. The number of rotatable bonds is 2. The average Bonchev–Trinajstić information content (AvgIpc) is 2.12. The molecule has 1 aliphatic carbocycles. The van der Waals surface area contributed by atoms with Gasteiger partial charge in [0.25, 0.3) is 0 Å². The molecule has 14 heavy (non-hydrogen) atoms. The predicted octanol–water partition coefficient (Wildman–Crippen LogP) is 0.668. The first-order valence-corrected chi connectivity index (χ1v) is 4.85. The van der Waals surface area contributed by atoms with Gasteiger partial charge in [0.2, 0.25) is 0 Å². The monoisotopic (exact) mass is 200 g/mol. The maximum absolute atomic E-state index is 10.8. The molecule has 0 radical (unpaired) electrons. The first-order valence-electron chi connectivity index (χ1n) is 4.85. The van der Waals surface area contributed by atoms with Crippen LogP contribution in [0.1, 0.15) is 33.1 Å². The van der Waals surface area contributed by atoms with E-state index in [1.54, 1.807) is 0 Å². The van der Waals surface area contributed by atoms with Crippen molar-refractivity contribution in [2.24, 2.45) is 5.92 Å². The second-order valence-corrected chi connectivity index (χ2v) is 4.01. The van der Waals surface area contributed by atoms with E-state index in [1.165, 1.54) is 6.92 Å². The van der Waals surface area contributed by atoms with Gasteiger partial charge in [-0.2, -0.15) is 0 Å². The summed E-state index contributed by atoms with van der Waals surface area (Å²) in [6.45, 7) is 3.16. The predicted molar refractivity (Wildman–Crippen MR) is 49.6 cm³/mol. The van der Waals surface area contributed by atoms with Gasteiger partial charge in [-0.3, -0.25) is 9.59 Å². The van der Waals surface area contributed by atoms with Crippen molar-refractivity contribution < 1.29 is 19.4 Å². The van der Waals surface area contributed by atoms with Gasteiger partial charge in [0.1, 0.15) is 6.10 Å². The summed E-state index contributed by atoms with van der Waals surface area (Å²) in [6, 6.07) is 0. The molecule has 0 aromatic carbocycles. The lowest BCUT2D eigenvalue weighted by molar-refractivity contribution is -0.177. The standard InChI is InChI=1S/C10H16O4/c1-7-4-3-5-10(13,6-11)9(7)14-8(2)12/h6-7,9,13H,3-5H2,1-2H3. The molecule has 4 nitrogen and oxygen atoms in total. The van der Waals surface area contributed by atoms with Gasteiger partial charge >= 0.3 is 5.97 Å². The molecule has 0 heterocycles. The summed E-state index contributed by atoms with van der Waals surface area (Å²) >= 11 is 0. The van der Waals surface area contributed by atoms with Gasteiger partial charge in [-0.15, -0.1) is 0 Å². The Morgan fingerprint density at radius 3 is 2.79 bits per heavy atom. The Morgan fingerprint density at radius 1 is 1.64 bits per heavy atom. The van der Waals surface area contributed by atoms with E-state index in [1.807, 2.05) is 6.92 Å². The molecule has 3 unspecified atom stereocenters. The highest BCUT2D eigenvalue weighted by Crippen LogP contribution is 2.33. The van der Waals surface area contributed by atoms with Crippen molar-refractivity contribution >= 4 is 12.3 Å². The number of hydrogen-bond donors (Lipinski definition) is 1. The van der Waals surface area contributed by atoms with Crippen LogP contribution in [-0.2, 0) is 14.3 Å². The first kappa shape index (κ1) is 11.2. The van der Waals surface area contributed by atoms with Gasteiger partial charge < -0.3 is 9.84 Å². The molecule has 0 aliphatic heterocycles. The van der Waals surface area contributed by atoms with Crippen LogP contribution in [0, 0.1) is 5.92 Å². The normalized spacial score (nSPS) is 37.6. The van der Waals surface area contributed by atoms with Crippen molar-refractivity contribution in [1.29, 1.82) is 0 Å². The summed E-state index contributed by atoms with van der Waals surface area (Å²) in [5.74, 6) is -0.424. The average molecular weight is 200 g/mol. The first-order chi connectivity index (χ1) is 6.49. The van der Waals surface area contributed by atoms with Crippen molar-refractivity contribution in [3.8, 4) is 0 Å². The maximum atomic E-state index is 10.8. The third-order valence-electron chi connectivity index (χ3n) is 2.74. The number of ether oxygens (including phenoxy) is 1. The second kappa shape index (κ2) is 4.09. The summed E-state index contributed by atoms with van der Waals surface area (Å²) in [7, 11) is 0. The minimum atomic E-state index is -1.48. The molecule has 0 aromatic rings. The summed E-state index contributed by atoms with van der Waals surface area (Å²) in [4.78, 5) is 21.6. The minimum absolute atomic E-state index is 0.0304. The molecule has 1 saturated carbocycles. The van der Waals surface area contributed by atoms with Crippen molar-refractivity contribution in [1.82, 2.24) is 0 Å². The van der Waals surface area contributed by atoms with Crippen LogP contribution in [0.15, 0.2) is 0 Å². The van der Waals surface area contributed by atoms with E-state index in [-0.39, 0.29) is 5.92 Å². The Kier molecular flexibility index (Phi) is 3.26. The van der Waals surface area contributed by atoms with Gasteiger partial charge in [0, 0.05) is 6.92 Å². The Labute approximate surface area is 83.2 Å². The Bertz CT molecular complexity index is 238. The zero-order valence-corrected chi connectivity index (χ0v) is 8.53. The summed E-state index contributed by atoms with van der Waals surface area (Å²) in [5, 5.41) is 9.91. The molecule has 0 spiro atoms. The maximum Gasteiger partial charge on any atom is 0.303 e. The molecule has 80 valence electrons. The highest BCUT2D eigenvalue weighted by Gasteiger charge is 2.45. The highest BCUT2D eigenvalue weighted by atomic mass is 16.6. The van der Waals surface area contributed by atoms with E-state index < -0.39 is 17.7 Å². The Morgan fingerprint density at radius 2 is 2.29 bits per heavy atom. The van der Waals surface area contributed by atoms with Gasteiger partial charge in [-0.05, 0) is 25.2 Å². The fourth-order valence-corrected chi connectivity index (χ4v) is 2.02. The summed E-state index contributed by atoms with van der Waals surface area (Å²) in [5.41, 5.74) is -1.48. The van der Waals surface area contributed by atoms with Crippen molar-refractivity contribution in [3.63, 3.8) is 0 Å². The van der Waals surface area contributed by atoms with Crippen LogP contribution < -0.4 is 0 Å². The lowest BCUT2D eigenvalue weighted by Gasteiger charge is -2.38.